The number of amides is 1. The second kappa shape index (κ2) is 10.6. The summed E-state index contributed by atoms with van der Waals surface area (Å²) in [5.74, 6) is -0.578. The predicted molar refractivity (Wildman–Crippen MR) is 118 cm³/mol. The fraction of sp³-hybridized carbons (Fsp3) is 0.280. The van der Waals surface area contributed by atoms with E-state index in [1.54, 1.807) is 26.1 Å². The third-order valence-electron chi connectivity index (χ3n) is 5.43. The molecule has 0 radical (unpaired) electrons. The van der Waals surface area contributed by atoms with Crippen LogP contribution in [0, 0.1) is 12.7 Å². The fourth-order valence-corrected chi connectivity index (χ4v) is 3.58. The molecule has 1 aromatic heterocycles. The number of hydrogen-bond donors (Lipinski definition) is 2. The molecule has 0 spiro atoms. The van der Waals surface area contributed by atoms with Crippen molar-refractivity contribution in [3.8, 4) is 0 Å². The van der Waals surface area contributed by atoms with Crippen LogP contribution >= 0.6 is 0 Å². The minimum Gasteiger partial charge on any atom is -0.358 e. The van der Waals surface area contributed by atoms with Crippen LogP contribution in [0.15, 0.2) is 66.9 Å². The van der Waals surface area contributed by atoms with Crippen LogP contribution < -0.4 is 10.6 Å². The van der Waals surface area contributed by atoms with Crippen molar-refractivity contribution in [3.05, 3.63) is 101 Å². The highest BCUT2D eigenvalue weighted by Crippen LogP contribution is 2.29. The second-order valence-electron chi connectivity index (χ2n) is 7.76. The Morgan fingerprint density at radius 3 is 2.33 bits per heavy atom. The van der Waals surface area contributed by atoms with Crippen molar-refractivity contribution in [1.82, 2.24) is 15.6 Å². The van der Waals surface area contributed by atoms with Crippen LogP contribution in [0.25, 0.3) is 0 Å². The Morgan fingerprint density at radius 2 is 1.76 bits per heavy atom. The number of benzene rings is 2. The van der Waals surface area contributed by atoms with E-state index in [1.165, 1.54) is 12.1 Å². The average molecular weight is 459 g/mol. The first-order valence-electron chi connectivity index (χ1n) is 10.5. The van der Waals surface area contributed by atoms with Crippen LogP contribution in [0.4, 0.5) is 17.6 Å². The summed E-state index contributed by atoms with van der Waals surface area (Å²) in [5, 5.41) is 6.00. The summed E-state index contributed by atoms with van der Waals surface area (Å²) in [6.45, 7) is 1.65. The van der Waals surface area contributed by atoms with Gasteiger partial charge in [0.2, 0.25) is 5.91 Å². The van der Waals surface area contributed by atoms with Gasteiger partial charge in [0.25, 0.3) is 0 Å². The minimum absolute atomic E-state index is 0.238. The lowest BCUT2D eigenvalue weighted by atomic mass is 9.96. The normalized spacial score (nSPS) is 13.4. The maximum atomic E-state index is 13.9. The molecule has 0 unspecified atom stereocenters. The number of likely N-dealkylation sites (N-methyl/N-ethyl adjacent to an activating group) is 1. The highest BCUT2D eigenvalue weighted by molar-refractivity contribution is 5.83. The lowest BCUT2D eigenvalue weighted by Gasteiger charge is -2.26. The van der Waals surface area contributed by atoms with Crippen molar-refractivity contribution < 1.29 is 22.4 Å². The monoisotopic (exact) mass is 459 g/mol. The summed E-state index contributed by atoms with van der Waals surface area (Å²) >= 11 is 0. The molecule has 4 nitrogen and oxygen atoms in total. The Hall–Kier alpha value is -3.26. The van der Waals surface area contributed by atoms with Gasteiger partial charge >= 0.3 is 6.18 Å². The first-order chi connectivity index (χ1) is 15.7. The van der Waals surface area contributed by atoms with Crippen LogP contribution in [0.5, 0.6) is 0 Å². The number of carbonyl (C=O) groups excluding carboxylic acids is 1. The molecule has 0 aliphatic carbocycles. The summed E-state index contributed by atoms with van der Waals surface area (Å²) < 4.78 is 52.3. The third kappa shape index (κ3) is 6.38. The Bertz CT molecular complexity index is 1070. The molecule has 2 aromatic carbocycles. The van der Waals surface area contributed by atoms with E-state index >= 15 is 0 Å². The van der Waals surface area contributed by atoms with Crippen molar-refractivity contribution in [2.45, 2.75) is 38.0 Å². The zero-order valence-electron chi connectivity index (χ0n) is 18.3. The smallest absolute Gasteiger partial charge is 0.358 e. The molecule has 0 aliphatic heterocycles. The fourth-order valence-electron chi connectivity index (χ4n) is 3.58. The lowest BCUT2D eigenvalue weighted by molar-refractivity contribution is -0.137. The molecule has 2 atom stereocenters. The first kappa shape index (κ1) is 24.4. The van der Waals surface area contributed by atoms with Gasteiger partial charge in [-0.15, -0.1) is 0 Å². The van der Waals surface area contributed by atoms with E-state index in [9.17, 15) is 22.4 Å². The van der Waals surface area contributed by atoms with E-state index in [1.807, 2.05) is 30.3 Å². The standard InChI is InChI=1S/C25H25F4N3O/c1-16-14-18(8-12-21(16)26)22(13-11-20-10-9-19(15-31-20)25(27,28)29)32-23(24(33)30-2)17-6-4-3-5-7-17/h3-10,12,14-15,22-23,32H,11,13H2,1-2H3,(H,30,33)/t22-,23+/m0/s1. The van der Waals surface area contributed by atoms with E-state index in [4.69, 9.17) is 0 Å². The van der Waals surface area contributed by atoms with Crippen LogP contribution in [-0.4, -0.2) is 17.9 Å². The van der Waals surface area contributed by atoms with E-state index < -0.39 is 17.8 Å². The summed E-state index contributed by atoms with van der Waals surface area (Å²) in [6, 6.07) is 15.2. The number of aromatic nitrogens is 1. The molecule has 3 rings (SSSR count). The Balaban J connectivity index is 1.87. The van der Waals surface area contributed by atoms with Gasteiger partial charge in [0, 0.05) is 25.0 Å². The minimum atomic E-state index is -4.45. The summed E-state index contributed by atoms with van der Waals surface area (Å²) in [7, 11) is 1.54. The average Bonchev–Trinajstić information content (AvgIpc) is 2.81. The van der Waals surface area contributed by atoms with Gasteiger partial charge < -0.3 is 5.32 Å². The van der Waals surface area contributed by atoms with Gasteiger partial charge in [0.15, 0.2) is 0 Å². The number of rotatable bonds is 8. The molecule has 0 aliphatic rings. The number of pyridine rings is 1. The van der Waals surface area contributed by atoms with Gasteiger partial charge in [0.1, 0.15) is 11.9 Å². The molecule has 0 saturated heterocycles. The molecule has 8 heteroatoms. The number of halogens is 4. The van der Waals surface area contributed by atoms with Crippen LogP contribution in [-0.2, 0) is 17.4 Å². The van der Waals surface area contributed by atoms with Crippen molar-refractivity contribution in [2.24, 2.45) is 0 Å². The van der Waals surface area contributed by atoms with Crippen molar-refractivity contribution in [3.63, 3.8) is 0 Å². The van der Waals surface area contributed by atoms with Gasteiger partial charge in [-0.2, -0.15) is 13.2 Å². The molecule has 0 bridgehead atoms. The summed E-state index contributed by atoms with van der Waals surface area (Å²) in [6.07, 6.45) is -2.83. The van der Waals surface area contributed by atoms with E-state index in [0.29, 0.717) is 24.1 Å². The van der Waals surface area contributed by atoms with Gasteiger partial charge in [0.05, 0.1) is 5.56 Å². The largest absolute Gasteiger partial charge is 0.417 e. The van der Waals surface area contributed by atoms with Crippen molar-refractivity contribution >= 4 is 5.91 Å². The molecular weight excluding hydrogens is 434 g/mol. The molecule has 0 saturated carbocycles. The van der Waals surface area contributed by atoms with Crippen LogP contribution in [0.1, 0.15) is 46.5 Å². The number of aryl methyl sites for hydroxylation is 2. The van der Waals surface area contributed by atoms with E-state index in [2.05, 4.69) is 15.6 Å². The number of alkyl halides is 3. The Labute approximate surface area is 190 Å². The van der Waals surface area contributed by atoms with Gasteiger partial charge in [-0.05, 0) is 54.7 Å². The third-order valence-corrected chi connectivity index (χ3v) is 5.43. The molecule has 1 heterocycles. The Morgan fingerprint density at radius 1 is 1.03 bits per heavy atom. The highest BCUT2D eigenvalue weighted by Gasteiger charge is 2.30. The molecule has 2 N–H and O–H groups in total. The van der Waals surface area contributed by atoms with Gasteiger partial charge in [-0.25, -0.2) is 4.39 Å². The molecule has 0 fully saturated rings. The van der Waals surface area contributed by atoms with Crippen LogP contribution in [0.2, 0.25) is 0 Å². The molecule has 174 valence electrons. The highest BCUT2D eigenvalue weighted by atomic mass is 19.4. The quantitative estimate of drug-likeness (QED) is 0.450. The SMILES string of the molecule is CNC(=O)[C@H](N[C@@H](CCc1ccc(C(F)(F)F)cn1)c1ccc(F)c(C)c1)c1ccccc1. The Kier molecular flexibility index (Phi) is 7.81. The second-order valence-corrected chi connectivity index (χ2v) is 7.76. The lowest BCUT2D eigenvalue weighted by Crippen LogP contribution is -2.38. The number of hydrogen-bond acceptors (Lipinski definition) is 3. The van der Waals surface area contributed by atoms with Gasteiger partial charge in [-0.3, -0.25) is 15.1 Å². The van der Waals surface area contributed by atoms with E-state index in [-0.39, 0.29) is 17.8 Å². The zero-order chi connectivity index (χ0) is 24.0. The molecular formula is C25H25F4N3O. The topological polar surface area (TPSA) is 54.0 Å². The molecule has 33 heavy (non-hydrogen) atoms. The number of nitrogens with one attached hydrogen (secondary N) is 2. The molecule has 3 aromatic rings. The number of nitrogens with zero attached hydrogens (tertiary/aromatic N) is 1. The summed E-state index contributed by atoms with van der Waals surface area (Å²) in [4.78, 5) is 16.6. The first-order valence-corrected chi connectivity index (χ1v) is 10.5. The van der Waals surface area contributed by atoms with Gasteiger partial charge in [-0.1, -0.05) is 42.5 Å². The zero-order valence-corrected chi connectivity index (χ0v) is 18.3. The maximum absolute atomic E-state index is 13.9. The molecule has 1 amide bonds. The number of carbonyl (C=O) groups is 1. The van der Waals surface area contributed by atoms with E-state index in [0.717, 1.165) is 23.4 Å². The summed E-state index contributed by atoms with van der Waals surface area (Å²) in [5.41, 5.74) is 1.67. The van der Waals surface area contributed by atoms with Crippen molar-refractivity contribution in [1.29, 1.82) is 0 Å². The predicted octanol–water partition coefficient (Wildman–Crippen LogP) is 5.30. The van der Waals surface area contributed by atoms with Crippen molar-refractivity contribution in [2.75, 3.05) is 7.05 Å². The maximum Gasteiger partial charge on any atom is 0.417 e. The van der Waals surface area contributed by atoms with Crippen LogP contribution in [0.3, 0.4) is 0 Å².